The normalized spacial score (nSPS) is 19.1. The van der Waals surface area contributed by atoms with E-state index in [0.717, 1.165) is 16.7 Å². The van der Waals surface area contributed by atoms with Crippen LogP contribution in [-0.4, -0.2) is 41.8 Å². The smallest absolute Gasteiger partial charge is 0.391 e. The summed E-state index contributed by atoms with van der Waals surface area (Å²) in [5.74, 6) is 0. The molecule has 2 aromatic rings. The highest BCUT2D eigenvalue weighted by Crippen LogP contribution is 2.52. The van der Waals surface area contributed by atoms with Crippen LogP contribution in [-0.2, 0) is 28.9 Å². The van der Waals surface area contributed by atoms with Crippen molar-refractivity contribution in [3.05, 3.63) is 70.8 Å². The SMILES string of the molecule is CC1(c2ccc(CCC(O)COCC(O)CCc3ccc(C4(C(F)(F)F)N=N4)cc3)cc2)N=N1. The molecule has 0 bridgehead atoms. The van der Waals surface area contributed by atoms with Crippen LogP contribution < -0.4 is 0 Å². The highest BCUT2D eigenvalue weighted by atomic mass is 19.4. The van der Waals surface area contributed by atoms with Crippen LogP contribution in [0.15, 0.2) is 69.0 Å². The molecule has 10 heteroatoms. The maximum absolute atomic E-state index is 13.0. The lowest BCUT2D eigenvalue weighted by Gasteiger charge is -2.16. The number of ether oxygens (including phenoxy) is 1. The molecule has 4 rings (SSSR count). The predicted octanol–water partition coefficient (Wildman–Crippen LogP) is 4.81. The van der Waals surface area contributed by atoms with Crippen molar-refractivity contribution < 1.29 is 28.1 Å². The number of alkyl halides is 3. The fraction of sp³-hybridized carbons (Fsp3) is 0.500. The van der Waals surface area contributed by atoms with Gasteiger partial charge in [-0.05, 0) is 43.7 Å². The van der Waals surface area contributed by atoms with Gasteiger partial charge in [-0.3, -0.25) is 0 Å². The van der Waals surface area contributed by atoms with Crippen molar-refractivity contribution in [2.45, 2.75) is 62.3 Å². The number of aryl methyl sites for hydroxylation is 2. The van der Waals surface area contributed by atoms with Crippen molar-refractivity contribution in [1.82, 2.24) is 0 Å². The number of halogens is 3. The van der Waals surface area contributed by atoms with Crippen LogP contribution in [0.2, 0.25) is 0 Å². The van der Waals surface area contributed by atoms with Crippen molar-refractivity contribution in [1.29, 1.82) is 0 Å². The first-order valence-corrected chi connectivity index (χ1v) is 11.2. The van der Waals surface area contributed by atoms with E-state index in [-0.39, 0.29) is 18.8 Å². The van der Waals surface area contributed by atoms with E-state index in [0.29, 0.717) is 25.7 Å². The van der Waals surface area contributed by atoms with E-state index in [1.165, 1.54) is 12.1 Å². The van der Waals surface area contributed by atoms with Gasteiger partial charge in [0.25, 0.3) is 0 Å². The number of hydrogen-bond acceptors (Lipinski definition) is 7. The Labute approximate surface area is 195 Å². The van der Waals surface area contributed by atoms with Gasteiger partial charge in [-0.15, -0.1) is 10.2 Å². The van der Waals surface area contributed by atoms with Crippen LogP contribution in [0.1, 0.15) is 42.0 Å². The third-order valence-electron chi connectivity index (χ3n) is 6.11. The van der Waals surface area contributed by atoms with E-state index in [4.69, 9.17) is 4.74 Å². The zero-order valence-corrected chi connectivity index (χ0v) is 18.7. The first-order valence-electron chi connectivity index (χ1n) is 11.2. The maximum atomic E-state index is 13.0. The van der Waals surface area contributed by atoms with Crippen LogP contribution in [0.3, 0.4) is 0 Å². The summed E-state index contributed by atoms with van der Waals surface area (Å²) in [6.45, 7) is 2.14. The third-order valence-corrected chi connectivity index (χ3v) is 6.11. The zero-order chi connectivity index (χ0) is 24.4. The summed E-state index contributed by atoms with van der Waals surface area (Å²) in [5, 5.41) is 34.7. The molecule has 0 aromatic heterocycles. The number of aliphatic hydroxyl groups excluding tert-OH is 2. The van der Waals surface area contributed by atoms with Gasteiger partial charge in [-0.2, -0.15) is 23.4 Å². The van der Waals surface area contributed by atoms with Crippen LogP contribution in [0, 0.1) is 0 Å². The van der Waals surface area contributed by atoms with Gasteiger partial charge in [-0.25, -0.2) is 0 Å². The summed E-state index contributed by atoms with van der Waals surface area (Å²) in [6, 6.07) is 13.9. The number of rotatable bonds is 12. The highest BCUT2D eigenvalue weighted by molar-refractivity contribution is 5.33. The number of benzene rings is 2. The molecule has 2 atom stereocenters. The molecule has 2 aliphatic heterocycles. The minimum atomic E-state index is -4.54. The molecule has 0 saturated carbocycles. The molecule has 0 fully saturated rings. The summed E-state index contributed by atoms with van der Waals surface area (Å²) in [4.78, 5) is 0. The van der Waals surface area contributed by atoms with Crippen LogP contribution in [0.5, 0.6) is 0 Å². The van der Waals surface area contributed by atoms with Gasteiger partial charge in [0, 0.05) is 11.1 Å². The average Bonchev–Trinajstić information content (AvgIpc) is 3.73. The van der Waals surface area contributed by atoms with Gasteiger partial charge in [0.05, 0.1) is 25.4 Å². The third kappa shape index (κ3) is 5.68. The molecule has 0 amide bonds. The topological polar surface area (TPSA) is 99.1 Å². The Morgan fingerprint density at radius 1 is 0.765 bits per heavy atom. The summed E-state index contributed by atoms with van der Waals surface area (Å²) in [6.07, 6.45) is -3.83. The second kappa shape index (κ2) is 9.52. The fourth-order valence-corrected chi connectivity index (χ4v) is 3.70. The number of nitrogens with zero attached hydrogens (tertiary/aromatic N) is 4. The lowest BCUT2D eigenvalue weighted by Crippen LogP contribution is -2.30. The van der Waals surface area contributed by atoms with Crippen molar-refractivity contribution in [2.24, 2.45) is 20.5 Å². The van der Waals surface area contributed by atoms with E-state index in [1.54, 1.807) is 12.1 Å². The lowest BCUT2D eigenvalue weighted by molar-refractivity contribution is -0.166. The van der Waals surface area contributed by atoms with Crippen LogP contribution in [0.4, 0.5) is 13.2 Å². The summed E-state index contributed by atoms with van der Waals surface area (Å²) in [7, 11) is 0. The van der Waals surface area contributed by atoms with Gasteiger partial charge in [-0.1, -0.05) is 48.5 Å². The molecule has 2 heterocycles. The van der Waals surface area contributed by atoms with Gasteiger partial charge < -0.3 is 14.9 Å². The van der Waals surface area contributed by atoms with Gasteiger partial charge in [0.2, 0.25) is 5.66 Å². The zero-order valence-electron chi connectivity index (χ0n) is 18.7. The van der Waals surface area contributed by atoms with E-state index in [9.17, 15) is 23.4 Å². The molecule has 0 saturated heterocycles. The largest absolute Gasteiger partial charge is 0.442 e. The molecule has 7 nitrogen and oxygen atoms in total. The van der Waals surface area contributed by atoms with Crippen molar-refractivity contribution in [3.63, 3.8) is 0 Å². The molecule has 34 heavy (non-hydrogen) atoms. The van der Waals surface area contributed by atoms with E-state index < -0.39 is 29.7 Å². The second-order valence-electron chi connectivity index (χ2n) is 8.91. The van der Waals surface area contributed by atoms with Gasteiger partial charge in [0.1, 0.15) is 0 Å². The molecular weight excluding hydrogens is 449 g/mol. The molecule has 2 unspecified atom stereocenters. The Kier molecular flexibility index (Phi) is 6.84. The minimum absolute atomic E-state index is 0.0132. The highest BCUT2D eigenvalue weighted by Gasteiger charge is 2.65. The molecule has 2 aromatic carbocycles. The molecule has 2 N–H and O–H groups in total. The molecule has 0 aliphatic carbocycles. The van der Waals surface area contributed by atoms with Crippen LogP contribution in [0.25, 0.3) is 0 Å². The maximum Gasteiger partial charge on any atom is 0.442 e. The Morgan fingerprint density at radius 2 is 1.21 bits per heavy atom. The average molecular weight is 476 g/mol. The van der Waals surface area contributed by atoms with Gasteiger partial charge in [0.15, 0.2) is 0 Å². The molecule has 2 aliphatic rings. The lowest BCUT2D eigenvalue weighted by atomic mass is 9.99. The Balaban J connectivity index is 1.11. The number of aliphatic hydroxyl groups is 2. The Hall–Kier alpha value is -2.69. The second-order valence-corrected chi connectivity index (χ2v) is 8.91. The monoisotopic (exact) mass is 476 g/mol. The van der Waals surface area contributed by atoms with Crippen molar-refractivity contribution >= 4 is 0 Å². The molecular formula is C24H27F3N4O3. The first kappa shape index (κ1) is 24.4. The Morgan fingerprint density at radius 3 is 1.59 bits per heavy atom. The van der Waals surface area contributed by atoms with E-state index >= 15 is 0 Å². The molecule has 0 radical (unpaired) electrons. The summed E-state index contributed by atoms with van der Waals surface area (Å²) >= 11 is 0. The predicted molar refractivity (Wildman–Crippen MR) is 117 cm³/mol. The number of hydrogen-bond donors (Lipinski definition) is 2. The molecule has 0 spiro atoms. The molecule has 182 valence electrons. The van der Waals surface area contributed by atoms with E-state index in [1.807, 2.05) is 31.2 Å². The van der Waals surface area contributed by atoms with E-state index in [2.05, 4.69) is 20.5 Å². The van der Waals surface area contributed by atoms with Crippen molar-refractivity contribution in [3.8, 4) is 0 Å². The van der Waals surface area contributed by atoms with Gasteiger partial charge >= 0.3 is 11.8 Å². The fourth-order valence-electron chi connectivity index (χ4n) is 3.70. The summed E-state index contributed by atoms with van der Waals surface area (Å²) < 4.78 is 44.6. The minimum Gasteiger partial charge on any atom is -0.391 e. The van der Waals surface area contributed by atoms with Crippen LogP contribution >= 0.6 is 0 Å². The quantitative estimate of drug-likeness (QED) is 0.460. The summed E-state index contributed by atoms with van der Waals surface area (Å²) in [5.41, 5.74) is 0.123. The van der Waals surface area contributed by atoms with Crippen molar-refractivity contribution in [2.75, 3.05) is 13.2 Å². The Bertz CT molecular complexity index is 1030. The standard InChI is InChI=1S/C24H27F3N4O3/c1-22(28-29-22)18-8-2-16(3-9-18)6-12-20(32)14-34-15-21(33)13-7-17-4-10-19(11-5-17)23(30-31-23)24(25,26)27/h2-5,8-11,20-21,32-33H,6-7,12-15H2,1H3. The first-order chi connectivity index (χ1) is 16.1.